The van der Waals surface area contributed by atoms with E-state index in [0.29, 0.717) is 18.8 Å². The summed E-state index contributed by atoms with van der Waals surface area (Å²) in [5.74, 6) is 0.394. The Morgan fingerprint density at radius 2 is 1.97 bits per heavy atom. The van der Waals surface area contributed by atoms with Crippen molar-refractivity contribution in [1.82, 2.24) is 33.7 Å². The normalized spacial score (nSPS) is 15.0. The number of nitriles is 1. The SMILES string of the molecule is CSN1CCC(Nc2ncc(C(F)(F)F)c(-c3cn(-c4ccc(OCCN(C)C)nc4C#N)cn3)n2)CC1. The Bertz CT molecular complexity index is 1280. The third-order valence-corrected chi connectivity index (χ3v) is 6.87. The first-order chi connectivity index (χ1) is 18.2. The number of anilines is 1. The number of likely N-dealkylation sites (N-methyl/N-ethyl adjacent to an activating group) is 1. The number of alkyl halides is 3. The molecule has 0 radical (unpaired) electrons. The monoisotopic (exact) mass is 547 g/mol. The highest BCUT2D eigenvalue weighted by atomic mass is 32.2. The molecule has 3 aromatic heterocycles. The second-order valence-electron chi connectivity index (χ2n) is 8.93. The van der Waals surface area contributed by atoms with Gasteiger partial charge in [-0.3, -0.25) is 4.31 Å². The van der Waals surface area contributed by atoms with E-state index < -0.39 is 11.7 Å². The van der Waals surface area contributed by atoms with Crippen molar-refractivity contribution in [3.8, 4) is 29.0 Å². The maximum atomic E-state index is 13.8. The van der Waals surface area contributed by atoms with Gasteiger partial charge in [0.1, 0.15) is 36.0 Å². The second kappa shape index (κ2) is 12.0. The molecule has 1 aliphatic rings. The lowest BCUT2D eigenvalue weighted by molar-refractivity contribution is -0.137. The molecule has 38 heavy (non-hydrogen) atoms. The van der Waals surface area contributed by atoms with Crippen LogP contribution in [0.1, 0.15) is 24.1 Å². The highest BCUT2D eigenvalue weighted by molar-refractivity contribution is 7.96. The van der Waals surface area contributed by atoms with Gasteiger partial charge in [-0.2, -0.15) is 18.4 Å². The molecule has 0 aliphatic carbocycles. The quantitative estimate of drug-likeness (QED) is 0.398. The van der Waals surface area contributed by atoms with E-state index in [4.69, 9.17) is 4.74 Å². The Hall–Kier alpha value is -3.41. The summed E-state index contributed by atoms with van der Waals surface area (Å²) < 4.78 is 50.8. The van der Waals surface area contributed by atoms with Crippen LogP contribution in [0.25, 0.3) is 17.1 Å². The maximum Gasteiger partial charge on any atom is 0.420 e. The molecule has 0 atom stereocenters. The third-order valence-electron chi connectivity index (χ3n) is 5.99. The van der Waals surface area contributed by atoms with Crippen LogP contribution < -0.4 is 10.1 Å². The van der Waals surface area contributed by atoms with Crippen molar-refractivity contribution in [2.45, 2.75) is 25.1 Å². The number of piperidine rings is 1. The van der Waals surface area contributed by atoms with Gasteiger partial charge in [-0.25, -0.2) is 19.9 Å². The number of aromatic nitrogens is 5. The van der Waals surface area contributed by atoms with Crippen LogP contribution in [0.15, 0.2) is 30.9 Å². The van der Waals surface area contributed by atoms with Crippen molar-refractivity contribution in [2.75, 3.05) is 51.9 Å². The zero-order valence-electron chi connectivity index (χ0n) is 21.2. The zero-order valence-corrected chi connectivity index (χ0v) is 22.1. The third kappa shape index (κ3) is 6.72. The first-order valence-electron chi connectivity index (χ1n) is 11.9. The molecule has 4 rings (SSSR count). The molecule has 14 heteroatoms. The van der Waals surface area contributed by atoms with Crippen LogP contribution in [0.3, 0.4) is 0 Å². The van der Waals surface area contributed by atoms with Crippen molar-refractivity contribution < 1.29 is 17.9 Å². The van der Waals surface area contributed by atoms with Gasteiger partial charge in [0, 0.05) is 44.1 Å². The molecule has 3 aromatic rings. The largest absolute Gasteiger partial charge is 0.476 e. The summed E-state index contributed by atoms with van der Waals surface area (Å²) in [5, 5.41) is 12.8. The van der Waals surface area contributed by atoms with E-state index in [1.165, 1.54) is 17.1 Å². The van der Waals surface area contributed by atoms with Crippen LogP contribution in [0.5, 0.6) is 5.88 Å². The maximum absolute atomic E-state index is 13.8. The average Bonchev–Trinajstić information content (AvgIpc) is 3.38. The minimum Gasteiger partial charge on any atom is -0.476 e. The van der Waals surface area contributed by atoms with E-state index in [1.54, 1.807) is 24.1 Å². The highest BCUT2D eigenvalue weighted by Crippen LogP contribution is 2.36. The molecule has 4 heterocycles. The number of nitrogens with one attached hydrogen (secondary N) is 1. The molecule has 202 valence electrons. The van der Waals surface area contributed by atoms with Gasteiger partial charge in [0.05, 0.1) is 5.69 Å². The molecule has 0 spiro atoms. The fourth-order valence-electron chi connectivity index (χ4n) is 3.93. The molecular weight excluding hydrogens is 519 g/mol. The fraction of sp³-hybridized carbons (Fsp3) is 0.458. The van der Waals surface area contributed by atoms with Gasteiger partial charge in [-0.15, -0.1) is 0 Å². The molecule has 1 saturated heterocycles. The fourth-order valence-corrected chi connectivity index (χ4v) is 4.51. The number of ether oxygens (including phenoxy) is 1. The van der Waals surface area contributed by atoms with Crippen molar-refractivity contribution in [3.63, 3.8) is 0 Å². The van der Waals surface area contributed by atoms with Crippen LogP contribution in [-0.2, 0) is 6.18 Å². The van der Waals surface area contributed by atoms with E-state index in [-0.39, 0.29) is 35.0 Å². The topological polar surface area (TPSA) is 108 Å². The lowest BCUT2D eigenvalue weighted by atomic mass is 10.1. The van der Waals surface area contributed by atoms with Gasteiger partial charge in [0.2, 0.25) is 11.8 Å². The summed E-state index contributed by atoms with van der Waals surface area (Å²) in [4.78, 5) is 18.5. The zero-order chi connectivity index (χ0) is 27.3. The van der Waals surface area contributed by atoms with E-state index in [9.17, 15) is 18.4 Å². The van der Waals surface area contributed by atoms with E-state index in [1.807, 2.05) is 31.3 Å². The molecule has 0 unspecified atom stereocenters. The number of hydrogen-bond acceptors (Lipinski definition) is 10. The highest BCUT2D eigenvalue weighted by Gasteiger charge is 2.36. The Balaban J connectivity index is 1.60. The standard InChI is InChI=1S/C24H28F3N9OS/c1-34(2)10-11-37-21-5-4-20(18(12-28)32-21)35-14-19(30-15-35)22-17(24(25,26)27)13-29-23(33-22)31-16-6-8-36(38-3)9-7-16/h4-5,13-16H,6-11H2,1-3H3,(H,29,31,33). The van der Waals surface area contributed by atoms with Gasteiger partial charge in [-0.1, -0.05) is 11.9 Å². The summed E-state index contributed by atoms with van der Waals surface area (Å²) in [6.45, 7) is 2.79. The van der Waals surface area contributed by atoms with E-state index in [0.717, 1.165) is 32.1 Å². The first-order valence-corrected chi connectivity index (χ1v) is 13.1. The second-order valence-corrected chi connectivity index (χ2v) is 9.81. The Morgan fingerprint density at radius 3 is 2.63 bits per heavy atom. The molecule has 10 nitrogen and oxygen atoms in total. The number of rotatable bonds is 9. The van der Waals surface area contributed by atoms with Crippen molar-refractivity contribution in [1.29, 1.82) is 5.26 Å². The molecule has 1 fully saturated rings. The van der Waals surface area contributed by atoms with Gasteiger partial charge in [0.15, 0.2) is 5.69 Å². The molecule has 1 N–H and O–H groups in total. The van der Waals surface area contributed by atoms with Crippen LogP contribution in [0.4, 0.5) is 19.1 Å². The first kappa shape index (κ1) is 27.6. The molecule has 0 saturated carbocycles. The van der Waals surface area contributed by atoms with Gasteiger partial charge < -0.3 is 19.5 Å². The lowest BCUT2D eigenvalue weighted by Crippen LogP contribution is -2.35. The van der Waals surface area contributed by atoms with Crippen molar-refractivity contribution in [2.24, 2.45) is 0 Å². The number of halogens is 3. The van der Waals surface area contributed by atoms with Crippen LogP contribution in [0.2, 0.25) is 0 Å². The number of nitrogens with zero attached hydrogens (tertiary/aromatic N) is 8. The molecule has 0 amide bonds. The summed E-state index contributed by atoms with van der Waals surface area (Å²) in [6, 6.07) is 5.28. The van der Waals surface area contributed by atoms with Crippen LogP contribution in [-0.4, -0.2) is 86.3 Å². The predicted octanol–water partition coefficient (Wildman–Crippen LogP) is 3.71. The molecule has 1 aliphatic heterocycles. The van der Waals surface area contributed by atoms with Gasteiger partial charge in [0.25, 0.3) is 0 Å². The number of imidazole rings is 1. The van der Waals surface area contributed by atoms with Crippen LogP contribution >= 0.6 is 11.9 Å². The predicted molar refractivity (Wildman–Crippen MR) is 138 cm³/mol. The van der Waals surface area contributed by atoms with Gasteiger partial charge in [-0.05, 0) is 39.3 Å². The van der Waals surface area contributed by atoms with Crippen molar-refractivity contribution >= 4 is 17.9 Å². The lowest BCUT2D eigenvalue weighted by Gasteiger charge is -2.30. The van der Waals surface area contributed by atoms with Crippen LogP contribution in [0, 0.1) is 11.3 Å². The average molecular weight is 548 g/mol. The molecule has 0 bridgehead atoms. The van der Waals surface area contributed by atoms with E-state index >= 15 is 0 Å². The summed E-state index contributed by atoms with van der Waals surface area (Å²) in [6.07, 6.45) is 2.50. The molecule has 0 aromatic carbocycles. The summed E-state index contributed by atoms with van der Waals surface area (Å²) in [5.41, 5.74) is -0.934. The summed E-state index contributed by atoms with van der Waals surface area (Å²) in [7, 11) is 3.82. The van der Waals surface area contributed by atoms with Crippen molar-refractivity contribution in [3.05, 3.63) is 42.1 Å². The Kier molecular flexibility index (Phi) is 8.70. The Labute approximate surface area is 223 Å². The smallest absolute Gasteiger partial charge is 0.420 e. The number of pyridine rings is 1. The minimum atomic E-state index is -4.67. The summed E-state index contributed by atoms with van der Waals surface area (Å²) >= 11 is 1.67. The Morgan fingerprint density at radius 1 is 1.21 bits per heavy atom. The number of hydrogen-bond donors (Lipinski definition) is 1. The van der Waals surface area contributed by atoms with E-state index in [2.05, 4.69) is 29.6 Å². The van der Waals surface area contributed by atoms with Gasteiger partial charge >= 0.3 is 6.18 Å². The molecular formula is C24H28F3N9OS. The minimum absolute atomic E-state index is 0.00447.